The number of aliphatic imine (C=N–C) groups is 1. The summed E-state index contributed by atoms with van der Waals surface area (Å²) in [5, 5.41) is 6.53. The van der Waals surface area contributed by atoms with E-state index in [0.29, 0.717) is 18.1 Å². The van der Waals surface area contributed by atoms with E-state index in [-0.39, 0.29) is 34.5 Å². The molecule has 0 amide bonds. The highest BCUT2D eigenvalue weighted by Gasteiger charge is 2.31. The van der Waals surface area contributed by atoms with Crippen LogP contribution >= 0.6 is 35.7 Å². The number of nitrogens with one attached hydrogen (secondary N) is 2. The van der Waals surface area contributed by atoms with Crippen LogP contribution in [0.15, 0.2) is 23.2 Å². The number of thioether (sulfide) groups is 1. The Bertz CT molecular complexity index is 614. The molecule has 0 spiro atoms. The largest absolute Gasteiger partial charge is 0.434 e. The van der Waals surface area contributed by atoms with E-state index in [2.05, 4.69) is 26.6 Å². The summed E-state index contributed by atoms with van der Waals surface area (Å²) < 4.78 is 35.4. The van der Waals surface area contributed by atoms with Crippen LogP contribution in [-0.4, -0.2) is 50.4 Å². The lowest BCUT2D eigenvalue weighted by atomic mass is 9.99. The minimum absolute atomic E-state index is 0. The molecule has 9 heteroatoms. The molecule has 0 atom stereocenters. The third-order valence-corrected chi connectivity index (χ3v) is 5.94. The second-order valence-corrected chi connectivity index (χ2v) is 7.54. The van der Waals surface area contributed by atoms with Gasteiger partial charge in [-0.3, -0.25) is 4.99 Å². The monoisotopic (exact) mass is 515 g/mol. The second kappa shape index (κ2) is 11.9. The van der Waals surface area contributed by atoms with Gasteiger partial charge < -0.3 is 20.1 Å². The molecular formula is C18H28F2IN3O2S. The van der Waals surface area contributed by atoms with Crippen LogP contribution in [-0.2, 0) is 11.3 Å². The zero-order valence-electron chi connectivity index (χ0n) is 15.9. The highest BCUT2D eigenvalue weighted by atomic mass is 127. The Labute approximate surface area is 181 Å². The number of benzene rings is 1. The fourth-order valence-corrected chi connectivity index (χ4v) is 3.69. The normalized spacial score (nSPS) is 16.6. The zero-order valence-corrected chi connectivity index (χ0v) is 19.0. The highest BCUT2D eigenvalue weighted by Crippen LogP contribution is 2.33. The Balaban J connectivity index is 0.00000364. The van der Waals surface area contributed by atoms with Gasteiger partial charge in [0.25, 0.3) is 0 Å². The molecule has 1 saturated heterocycles. The van der Waals surface area contributed by atoms with Crippen molar-refractivity contribution in [3.05, 3.63) is 29.3 Å². The minimum atomic E-state index is -2.84. The minimum Gasteiger partial charge on any atom is -0.434 e. The lowest BCUT2D eigenvalue weighted by molar-refractivity contribution is -0.0504. The van der Waals surface area contributed by atoms with Crippen LogP contribution in [0.5, 0.6) is 5.75 Å². The summed E-state index contributed by atoms with van der Waals surface area (Å²) in [5.74, 6) is 0.813. The molecule has 0 aromatic heterocycles. The van der Waals surface area contributed by atoms with Gasteiger partial charge >= 0.3 is 6.61 Å². The number of aryl methyl sites for hydroxylation is 1. The number of hydrogen-bond donors (Lipinski definition) is 2. The third-order valence-electron chi connectivity index (χ3n) is 4.52. The second-order valence-electron chi connectivity index (χ2n) is 6.27. The van der Waals surface area contributed by atoms with E-state index in [4.69, 9.17) is 4.74 Å². The Morgan fingerprint density at radius 3 is 2.63 bits per heavy atom. The predicted octanol–water partition coefficient (Wildman–Crippen LogP) is 3.79. The van der Waals surface area contributed by atoms with Gasteiger partial charge in [0.2, 0.25) is 0 Å². The van der Waals surface area contributed by atoms with Crippen LogP contribution in [0.1, 0.15) is 24.0 Å². The molecule has 154 valence electrons. The lowest BCUT2D eigenvalue weighted by Gasteiger charge is -2.36. The SMILES string of the molecule is CN=C(NCc1cc(C)ccc1OC(F)F)NCC1(SC)CCOCC1.I. The molecule has 0 aliphatic carbocycles. The molecule has 5 nitrogen and oxygen atoms in total. The van der Waals surface area contributed by atoms with Crippen LogP contribution in [0.25, 0.3) is 0 Å². The summed E-state index contributed by atoms with van der Waals surface area (Å²) in [7, 11) is 1.69. The van der Waals surface area contributed by atoms with E-state index in [1.54, 1.807) is 19.2 Å². The van der Waals surface area contributed by atoms with Gasteiger partial charge in [-0.1, -0.05) is 17.7 Å². The topological polar surface area (TPSA) is 54.9 Å². The summed E-state index contributed by atoms with van der Waals surface area (Å²) in [6.07, 6.45) is 4.09. The molecule has 0 unspecified atom stereocenters. The first-order valence-electron chi connectivity index (χ1n) is 8.60. The maximum absolute atomic E-state index is 12.6. The van der Waals surface area contributed by atoms with E-state index in [1.165, 1.54) is 0 Å². The average Bonchev–Trinajstić information content (AvgIpc) is 2.64. The number of rotatable bonds is 7. The Morgan fingerprint density at radius 1 is 1.33 bits per heavy atom. The van der Waals surface area contributed by atoms with Gasteiger partial charge in [0.05, 0.1) is 0 Å². The number of ether oxygens (including phenoxy) is 2. The van der Waals surface area contributed by atoms with E-state index in [1.807, 2.05) is 24.8 Å². The molecule has 2 N–H and O–H groups in total. The Hall–Kier alpha value is -0.810. The van der Waals surface area contributed by atoms with Crippen molar-refractivity contribution in [2.75, 3.05) is 33.1 Å². The number of halogens is 3. The third kappa shape index (κ3) is 7.61. The van der Waals surface area contributed by atoms with Crippen molar-refractivity contribution in [3.8, 4) is 5.75 Å². The van der Waals surface area contributed by atoms with Gasteiger partial charge in [-0.25, -0.2) is 0 Å². The predicted molar refractivity (Wildman–Crippen MR) is 118 cm³/mol. The quantitative estimate of drug-likeness (QED) is 0.329. The summed E-state index contributed by atoms with van der Waals surface area (Å²) >= 11 is 1.84. The number of alkyl halides is 2. The molecular weight excluding hydrogens is 487 g/mol. The Morgan fingerprint density at radius 2 is 2.04 bits per heavy atom. The van der Waals surface area contributed by atoms with E-state index >= 15 is 0 Å². The number of nitrogens with zero attached hydrogens (tertiary/aromatic N) is 1. The van der Waals surface area contributed by atoms with Gasteiger partial charge in [-0.2, -0.15) is 20.5 Å². The molecule has 1 aliphatic heterocycles. The van der Waals surface area contributed by atoms with Gasteiger partial charge in [0.15, 0.2) is 5.96 Å². The summed E-state index contributed by atoms with van der Waals surface area (Å²) in [6, 6.07) is 5.15. The Kier molecular flexibility index (Phi) is 10.7. The van der Waals surface area contributed by atoms with Crippen molar-refractivity contribution in [1.29, 1.82) is 0 Å². The average molecular weight is 515 g/mol. The first kappa shape index (κ1) is 24.2. The maximum Gasteiger partial charge on any atom is 0.387 e. The van der Waals surface area contributed by atoms with E-state index < -0.39 is 6.61 Å². The van der Waals surface area contributed by atoms with Crippen LogP contribution in [0.4, 0.5) is 8.78 Å². The van der Waals surface area contributed by atoms with Crippen molar-refractivity contribution in [2.24, 2.45) is 4.99 Å². The van der Waals surface area contributed by atoms with Crippen molar-refractivity contribution in [2.45, 2.75) is 37.7 Å². The molecule has 0 bridgehead atoms. The van der Waals surface area contributed by atoms with Gasteiger partial charge in [-0.05, 0) is 32.1 Å². The fraction of sp³-hybridized carbons (Fsp3) is 0.611. The summed E-state index contributed by atoms with van der Waals surface area (Å²) in [6.45, 7) is 1.72. The van der Waals surface area contributed by atoms with Gasteiger partial charge in [0.1, 0.15) is 5.75 Å². The van der Waals surface area contributed by atoms with E-state index in [9.17, 15) is 8.78 Å². The molecule has 1 aliphatic rings. The van der Waals surface area contributed by atoms with E-state index in [0.717, 1.165) is 38.2 Å². The smallest absolute Gasteiger partial charge is 0.387 e. The van der Waals surface area contributed by atoms with Crippen molar-refractivity contribution in [1.82, 2.24) is 10.6 Å². The molecule has 1 aromatic carbocycles. The van der Waals surface area contributed by atoms with Crippen molar-refractivity contribution in [3.63, 3.8) is 0 Å². The van der Waals surface area contributed by atoms with Crippen LogP contribution < -0.4 is 15.4 Å². The number of hydrogen-bond acceptors (Lipinski definition) is 4. The van der Waals surface area contributed by atoms with Crippen LogP contribution in [0.2, 0.25) is 0 Å². The van der Waals surface area contributed by atoms with Crippen molar-refractivity contribution < 1.29 is 18.3 Å². The highest BCUT2D eigenvalue weighted by molar-refractivity contribution is 14.0. The fourth-order valence-electron chi connectivity index (χ4n) is 2.90. The molecule has 0 radical (unpaired) electrons. The van der Waals surface area contributed by atoms with Crippen LogP contribution in [0, 0.1) is 6.92 Å². The van der Waals surface area contributed by atoms with Crippen LogP contribution in [0.3, 0.4) is 0 Å². The first-order chi connectivity index (χ1) is 12.5. The summed E-state index contributed by atoms with van der Waals surface area (Å²) in [4.78, 5) is 4.23. The maximum atomic E-state index is 12.6. The molecule has 27 heavy (non-hydrogen) atoms. The zero-order chi connectivity index (χ0) is 19.0. The standard InChI is InChI=1S/C18H27F2N3O2S.HI/c1-13-4-5-15(25-16(19)20)14(10-13)11-22-17(21-2)23-12-18(26-3)6-8-24-9-7-18;/h4-5,10,16H,6-9,11-12H2,1-3H3,(H2,21,22,23);1H. The first-order valence-corrected chi connectivity index (χ1v) is 9.82. The molecule has 1 aromatic rings. The summed E-state index contributed by atoms with van der Waals surface area (Å²) in [5.41, 5.74) is 1.65. The molecule has 1 fully saturated rings. The lowest BCUT2D eigenvalue weighted by Crippen LogP contribution is -2.47. The number of guanidine groups is 1. The molecule has 1 heterocycles. The molecule has 2 rings (SSSR count). The van der Waals surface area contributed by atoms with Crippen molar-refractivity contribution >= 4 is 41.7 Å². The van der Waals surface area contributed by atoms with Gasteiger partial charge in [-0.15, -0.1) is 24.0 Å². The van der Waals surface area contributed by atoms with Gasteiger partial charge in [0, 0.05) is 43.7 Å². The molecule has 0 saturated carbocycles.